The molecular weight excluding hydrogens is 387 g/mol. The smallest absolute Gasteiger partial charge is 0.193 e. The maximum Gasteiger partial charge on any atom is 0.193 e. The van der Waals surface area contributed by atoms with Crippen molar-refractivity contribution in [1.29, 1.82) is 0 Å². The minimum absolute atomic E-state index is 0. The zero-order valence-corrected chi connectivity index (χ0v) is 16.6. The van der Waals surface area contributed by atoms with Crippen LogP contribution >= 0.6 is 24.0 Å². The molecule has 2 saturated carbocycles. The third kappa shape index (κ3) is 4.08. The van der Waals surface area contributed by atoms with E-state index >= 15 is 0 Å². The molecule has 1 heterocycles. The topological polar surface area (TPSA) is 30.9 Å². The fourth-order valence-electron chi connectivity index (χ4n) is 4.40. The van der Waals surface area contributed by atoms with Gasteiger partial charge in [-0.2, -0.15) is 0 Å². The van der Waals surface area contributed by atoms with Gasteiger partial charge in [-0.25, -0.2) is 0 Å². The zero-order chi connectivity index (χ0) is 14.7. The van der Waals surface area contributed by atoms with Gasteiger partial charge in [-0.05, 0) is 44.6 Å². The summed E-state index contributed by atoms with van der Waals surface area (Å²) in [5.41, 5.74) is 0.651. The van der Waals surface area contributed by atoms with Crippen LogP contribution in [-0.2, 0) is 0 Å². The van der Waals surface area contributed by atoms with E-state index in [-0.39, 0.29) is 24.0 Å². The molecule has 0 aromatic heterocycles. The molecule has 0 unspecified atom stereocenters. The lowest BCUT2D eigenvalue weighted by Gasteiger charge is -2.38. The summed E-state index contributed by atoms with van der Waals surface area (Å²) in [5, 5.41) is 3.59. The van der Waals surface area contributed by atoms with E-state index < -0.39 is 0 Å². The molecule has 1 aliphatic heterocycles. The highest BCUT2D eigenvalue weighted by Crippen LogP contribution is 2.47. The maximum absolute atomic E-state index is 4.50. The Bertz CT molecular complexity index is 375. The van der Waals surface area contributed by atoms with Crippen LogP contribution in [0.2, 0.25) is 0 Å². The van der Waals surface area contributed by atoms with Crippen molar-refractivity contribution in [2.24, 2.45) is 10.4 Å². The summed E-state index contributed by atoms with van der Waals surface area (Å²) in [6.45, 7) is 4.56. The fraction of sp³-hybridized carbons (Fsp3) is 0.941. The second-order valence-corrected chi connectivity index (χ2v) is 7.42. The van der Waals surface area contributed by atoms with E-state index in [4.69, 9.17) is 0 Å². The van der Waals surface area contributed by atoms with Crippen LogP contribution < -0.4 is 5.32 Å². The Hall–Kier alpha value is -0.0400. The molecule has 1 spiro atoms. The molecule has 0 amide bonds. The Morgan fingerprint density at radius 3 is 2.50 bits per heavy atom. The Morgan fingerprint density at radius 2 is 1.95 bits per heavy atom. The minimum atomic E-state index is 0. The first-order valence-electron chi connectivity index (χ1n) is 8.88. The largest absolute Gasteiger partial charge is 0.355 e. The molecule has 2 aliphatic carbocycles. The molecule has 0 bridgehead atoms. The SMILES string of the molecule is CN=C(NCCN(C)C1CCCC1)N1CCC2(CCC2)C1.I. The van der Waals surface area contributed by atoms with Crippen LogP contribution in [0.15, 0.2) is 4.99 Å². The molecule has 0 radical (unpaired) electrons. The number of aliphatic imine (C=N–C) groups is 1. The van der Waals surface area contributed by atoms with Gasteiger partial charge in [-0.15, -0.1) is 24.0 Å². The summed E-state index contributed by atoms with van der Waals surface area (Å²) in [6.07, 6.45) is 11.3. The van der Waals surface area contributed by atoms with Gasteiger partial charge < -0.3 is 15.1 Å². The molecule has 0 atom stereocenters. The number of hydrogen-bond acceptors (Lipinski definition) is 2. The molecule has 3 aliphatic rings. The van der Waals surface area contributed by atoms with E-state index in [0.29, 0.717) is 5.41 Å². The number of rotatable bonds is 4. The summed E-state index contributed by atoms with van der Waals surface area (Å²) < 4.78 is 0. The Balaban J connectivity index is 0.00000176. The molecule has 1 saturated heterocycles. The van der Waals surface area contributed by atoms with Gasteiger partial charge in [0.15, 0.2) is 5.96 Å². The van der Waals surface area contributed by atoms with Crippen molar-refractivity contribution >= 4 is 29.9 Å². The maximum atomic E-state index is 4.50. The van der Waals surface area contributed by atoms with Crippen LogP contribution in [0.5, 0.6) is 0 Å². The van der Waals surface area contributed by atoms with Crippen LogP contribution in [0, 0.1) is 5.41 Å². The number of guanidine groups is 1. The number of halogens is 1. The summed E-state index contributed by atoms with van der Waals surface area (Å²) in [6, 6.07) is 0.818. The van der Waals surface area contributed by atoms with Crippen LogP contribution in [-0.4, -0.2) is 62.1 Å². The third-order valence-electron chi connectivity index (χ3n) is 6.06. The van der Waals surface area contributed by atoms with Gasteiger partial charge in [0.25, 0.3) is 0 Å². The molecule has 4 nitrogen and oxygen atoms in total. The van der Waals surface area contributed by atoms with E-state index in [2.05, 4.69) is 27.2 Å². The van der Waals surface area contributed by atoms with E-state index in [0.717, 1.165) is 25.1 Å². The lowest BCUT2D eigenvalue weighted by molar-refractivity contribution is 0.151. The summed E-state index contributed by atoms with van der Waals surface area (Å²) in [7, 11) is 4.20. The molecule has 3 rings (SSSR count). The van der Waals surface area contributed by atoms with Gasteiger partial charge in [0.1, 0.15) is 0 Å². The fourth-order valence-corrected chi connectivity index (χ4v) is 4.40. The zero-order valence-electron chi connectivity index (χ0n) is 14.3. The second kappa shape index (κ2) is 8.18. The highest BCUT2D eigenvalue weighted by molar-refractivity contribution is 14.0. The second-order valence-electron chi connectivity index (χ2n) is 7.42. The normalized spacial score (nSPS) is 24.7. The number of likely N-dealkylation sites (N-methyl/N-ethyl adjacent to an activating group) is 1. The predicted molar refractivity (Wildman–Crippen MR) is 104 cm³/mol. The van der Waals surface area contributed by atoms with E-state index in [9.17, 15) is 0 Å². The van der Waals surface area contributed by atoms with Gasteiger partial charge in [0.2, 0.25) is 0 Å². The van der Waals surface area contributed by atoms with E-state index in [1.165, 1.54) is 64.5 Å². The first-order chi connectivity index (χ1) is 10.2. The van der Waals surface area contributed by atoms with Crippen molar-refractivity contribution < 1.29 is 0 Å². The molecular formula is C17H33IN4. The Labute approximate surface area is 153 Å². The van der Waals surface area contributed by atoms with Crippen LogP contribution in [0.1, 0.15) is 51.4 Å². The average molecular weight is 420 g/mol. The molecule has 0 aromatic carbocycles. The first kappa shape index (κ1) is 18.3. The molecule has 128 valence electrons. The lowest BCUT2D eigenvalue weighted by Crippen LogP contribution is -2.45. The lowest BCUT2D eigenvalue weighted by atomic mass is 9.68. The highest BCUT2D eigenvalue weighted by Gasteiger charge is 2.43. The van der Waals surface area contributed by atoms with Crippen LogP contribution in [0.4, 0.5) is 0 Å². The Morgan fingerprint density at radius 1 is 1.23 bits per heavy atom. The molecule has 22 heavy (non-hydrogen) atoms. The Kier molecular flexibility index (Phi) is 6.80. The summed E-state index contributed by atoms with van der Waals surface area (Å²) in [5.74, 6) is 1.12. The highest BCUT2D eigenvalue weighted by atomic mass is 127. The van der Waals surface area contributed by atoms with Gasteiger partial charge in [0, 0.05) is 39.3 Å². The molecule has 1 N–H and O–H groups in total. The average Bonchev–Trinajstić information content (AvgIpc) is 3.11. The summed E-state index contributed by atoms with van der Waals surface area (Å²) >= 11 is 0. The molecule has 5 heteroatoms. The van der Waals surface area contributed by atoms with Gasteiger partial charge in [0.05, 0.1) is 0 Å². The third-order valence-corrected chi connectivity index (χ3v) is 6.06. The quantitative estimate of drug-likeness (QED) is 0.431. The van der Waals surface area contributed by atoms with Crippen molar-refractivity contribution in [2.75, 3.05) is 40.3 Å². The van der Waals surface area contributed by atoms with Gasteiger partial charge in [-0.3, -0.25) is 4.99 Å². The van der Waals surface area contributed by atoms with Crippen molar-refractivity contribution in [3.63, 3.8) is 0 Å². The monoisotopic (exact) mass is 420 g/mol. The minimum Gasteiger partial charge on any atom is -0.355 e. The van der Waals surface area contributed by atoms with Gasteiger partial charge >= 0.3 is 0 Å². The van der Waals surface area contributed by atoms with Crippen molar-refractivity contribution in [3.8, 4) is 0 Å². The van der Waals surface area contributed by atoms with Gasteiger partial charge in [-0.1, -0.05) is 19.3 Å². The predicted octanol–water partition coefficient (Wildman–Crippen LogP) is 2.93. The van der Waals surface area contributed by atoms with E-state index in [1.54, 1.807) is 0 Å². The van der Waals surface area contributed by atoms with Crippen molar-refractivity contribution in [1.82, 2.24) is 15.1 Å². The number of nitrogens with zero attached hydrogens (tertiary/aromatic N) is 3. The van der Waals surface area contributed by atoms with Crippen molar-refractivity contribution in [2.45, 2.75) is 57.4 Å². The number of nitrogens with one attached hydrogen (secondary N) is 1. The first-order valence-corrected chi connectivity index (χ1v) is 8.88. The van der Waals surface area contributed by atoms with E-state index in [1.807, 2.05) is 7.05 Å². The molecule has 3 fully saturated rings. The standard InChI is InChI=1S/C17H32N4.HI/c1-18-16(21-12-10-17(14-21)8-5-9-17)19-11-13-20(2)15-6-3-4-7-15;/h15H,3-14H2,1-2H3,(H,18,19);1H. The number of hydrogen-bond donors (Lipinski definition) is 1. The number of likely N-dealkylation sites (tertiary alicyclic amines) is 1. The van der Waals surface area contributed by atoms with Crippen LogP contribution in [0.3, 0.4) is 0 Å². The van der Waals surface area contributed by atoms with Crippen molar-refractivity contribution in [3.05, 3.63) is 0 Å². The van der Waals surface area contributed by atoms with Crippen LogP contribution in [0.25, 0.3) is 0 Å². The summed E-state index contributed by atoms with van der Waals surface area (Å²) in [4.78, 5) is 9.51. The molecule has 0 aromatic rings.